The van der Waals surface area contributed by atoms with Crippen molar-refractivity contribution in [1.82, 2.24) is 5.32 Å². The van der Waals surface area contributed by atoms with Crippen LogP contribution in [0.5, 0.6) is 0 Å². The molecule has 0 aliphatic rings. The minimum absolute atomic E-state index is 0.701. The molecule has 2 atom stereocenters. The van der Waals surface area contributed by atoms with E-state index in [1.54, 1.807) is 0 Å². The third kappa shape index (κ3) is 14.2. The molecule has 1 nitrogen and oxygen atoms in total. The Labute approximate surface area is 122 Å². The van der Waals surface area contributed by atoms with Crippen LogP contribution in [0.2, 0.25) is 0 Å². The molecule has 0 radical (unpaired) electrons. The first kappa shape index (κ1) is 19.0. The Bertz CT molecular complexity index is 149. The Morgan fingerprint density at radius 2 is 0.947 bits per heavy atom. The van der Waals surface area contributed by atoms with E-state index in [1.807, 2.05) is 0 Å². The van der Waals surface area contributed by atoms with Crippen molar-refractivity contribution in [2.45, 2.75) is 117 Å². The topological polar surface area (TPSA) is 12.0 Å². The summed E-state index contributed by atoms with van der Waals surface area (Å²) in [5, 5.41) is 3.76. The summed E-state index contributed by atoms with van der Waals surface area (Å²) in [7, 11) is 0. The van der Waals surface area contributed by atoms with E-state index in [-0.39, 0.29) is 0 Å². The minimum Gasteiger partial charge on any atom is -0.312 e. The van der Waals surface area contributed by atoms with Crippen LogP contribution in [-0.2, 0) is 0 Å². The number of hydrogen-bond donors (Lipinski definition) is 1. The molecule has 0 rings (SSSR count). The fourth-order valence-electron chi connectivity index (χ4n) is 2.76. The van der Waals surface area contributed by atoms with Gasteiger partial charge in [0.1, 0.15) is 0 Å². The average Bonchev–Trinajstić information content (AvgIpc) is 2.38. The van der Waals surface area contributed by atoms with Gasteiger partial charge >= 0.3 is 0 Å². The SMILES string of the molecule is CCCCCCCC(C)NC(C)CCCCCCC. The van der Waals surface area contributed by atoms with Crippen LogP contribution in [0, 0.1) is 0 Å². The summed E-state index contributed by atoms with van der Waals surface area (Å²) >= 11 is 0. The van der Waals surface area contributed by atoms with Gasteiger partial charge in [0.25, 0.3) is 0 Å². The molecular formula is C18H39N. The summed E-state index contributed by atoms with van der Waals surface area (Å²) in [6.45, 7) is 9.28. The molecule has 1 N–H and O–H groups in total. The van der Waals surface area contributed by atoms with Crippen LogP contribution in [0.1, 0.15) is 105 Å². The quantitative estimate of drug-likeness (QED) is 0.377. The van der Waals surface area contributed by atoms with Crippen LogP contribution in [-0.4, -0.2) is 12.1 Å². The van der Waals surface area contributed by atoms with E-state index in [9.17, 15) is 0 Å². The smallest absolute Gasteiger partial charge is 0.00412 e. The van der Waals surface area contributed by atoms with E-state index in [4.69, 9.17) is 0 Å². The van der Waals surface area contributed by atoms with Crippen LogP contribution in [0.25, 0.3) is 0 Å². The van der Waals surface area contributed by atoms with E-state index in [0.717, 1.165) is 0 Å². The molecule has 0 aliphatic carbocycles. The van der Waals surface area contributed by atoms with Crippen LogP contribution < -0.4 is 5.32 Å². The van der Waals surface area contributed by atoms with Gasteiger partial charge in [-0.2, -0.15) is 0 Å². The fraction of sp³-hybridized carbons (Fsp3) is 1.00. The highest BCUT2D eigenvalue weighted by Gasteiger charge is 2.06. The molecule has 19 heavy (non-hydrogen) atoms. The molecule has 0 spiro atoms. The van der Waals surface area contributed by atoms with Gasteiger partial charge in [-0.3, -0.25) is 0 Å². The molecule has 0 aromatic heterocycles. The van der Waals surface area contributed by atoms with Gasteiger partial charge in [-0.25, -0.2) is 0 Å². The Balaban J connectivity index is 3.34. The van der Waals surface area contributed by atoms with Crippen molar-refractivity contribution >= 4 is 0 Å². The fourth-order valence-corrected chi connectivity index (χ4v) is 2.76. The highest BCUT2D eigenvalue weighted by atomic mass is 14.9. The van der Waals surface area contributed by atoms with E-state index in [1.165, 1.54) is 77.0 Å². The lowest BCUT2D eigenvalue weighted by molar-refractivity contribution is 0.403. The van der Waals surface area contributed by atoms with Crippen LogP contribution in [0.4, 0.5) is 0 Å². The average molecular weight is 270 g/mol. The van der Waals surface area contributed by atoms with E-state index in [2.05, 4.69) is 33.0 Å². The molecule has 116 valence electrons. The second kappa shape index (κ2) is 14.4. The van der Waals surface area contributed by atoms with Crippen molar-refractivity contribution in [3.05, 3.63) is 0 Å². The Hall–Kier alpha value is -0.0400. The van der Waals surface area contributed by atoms with E-state index in [0.29, 0.717) is 12.1 Å². The maximum atomic E-state index is 3.76. The van der Waals surface area contributed by atoms with Gasteiger partial charge in [-0.05, 0) is 26.7 Å². The van der Waals surface area contributed by atoms with Gasteiger partial charge in [0.2, 0.25) is 0 Å². The van der Waals surface area contributed by atoms with Crippen molar-refractivity contribution in [2.24, 2.45) is 0 Å². The molecule has 2 unspecified atom stereocenters. The molecule has 0 fully saturated rings. The van der Waals surface area contributed by atoms with Gasteiger partial charge in [0.15, 0.2) is 0 Å². The summed E-state index contributed by atoms with van der Waals surface area (Å²) in [6.07, 6.45) is 16.7. The zero-order valence-electron chi connectivity index (χ0n) is 14.1. The van der Waals surface area contributed by atoms with Gasteiger partial charge in [0.05, 0.1) is 0 Å². The predicted molar refractivity (Wildman–Crippen MR) is 88.8 cm³/mol. The van der Waals surface area contributed by atoms with Crippen molar-refractivity contribution in [1.29, 1.82) is 0 Å². The van der Waals surface area contributed by atoms with Gasteiger partial charge in [-0.15, -0.1) is 0 Å². The number of rotatable bonds is 14. The lowest BCUT2D eigenvalue weighted by Gasteiger charge is -2.20. The first-order chi connectivity index (χ1) is 9.20. The van der Waals surface area contributed by atoms with Gasteiger partial charge < -0.3 is 5.32 Å². The monoisotopic (exact) mass is 269 g/mol. The van der Waals surface area contributed by atoms with Crippen molar-refractivity contribution in [3.8, 4) is 0 Å². The number of nitrogens with one attached hydrogen (secondary N) is 1. The van der Waals surface area contributed by atoms with E-state index >= 15 is 0 Å². The molecule has 0 saturated heterocycles. The van der Waals surface area contributed by atoms with Crippen LogP contribution in [0.15, 0.2) is 0 Å². The summed E-state index contributed by atoms with van der Waals surface area (Å²) in [5.74, 6) is 0. The highest BCUT2D eigenvalue weighted by Crippen LogP contribution is 2.10. The zero-order valence-corrected chi connectivity index (χ0v) is 14.1. The second-order valence-electron chi connectivity index (χ2n) is 6.37. The lowest BCUT2D eigenvalue weighted by atomic mass is 10.0. The molecule has 0 saturated carbocycles. The maximum absolute atomic E-state index is 3.76. The second-order valence-corrected chi connectivity index (χ2v) is 6.37. The molecular weight excluding hydrogens is 230 g/mol. The zero-order chi connectivity index (χ0) is 14.3. The Morgan fingerprint density at radius 3 is 1.32 bits per heavy atom. The first-order valence-electron chi connectivity index (χ1n) is 8.96. The third-order valence-electron chi connectivity index (χ3n) is 4.05. The molecule has 0 aromatic rings. The predicted octanol–water partition coefficient (Wildman–Crippen LogP) is 6.07. The van der Waals surface area contributed by atoms with Gasteiger partial charge in [0, 0.05) is 12.1 Å². The molecule has 0 aromatic carbocycles. The van der Waals surface area contributed by atoms with Crippen molar-refractivity contribution < 1.29 is 0 Å². The molecule has 0 amide bonds. The highest BCUT2D eigenvalue weighted by molar-refractivity contribution is 4.67. The first-order valence-corrected chi connectivity index (χ1v) is 8.96. The van der Waals surface area contributed by atoms with Crippen LogP contribution in [0.3, 0.4) is 0 Å². The summed E-state index contributed by atoms with van der Waals surface area (Å²) in [5.41, 5.74) is 0. The summed E-state index contributed by atoms with van der Waals surface area (Å²) in [6, 6.07) is 1.40. The lowest BCUT2D eigenvalue weighted by Crippen LogP contribution is -2.34. The third-order valence-corrected chi connectivity index (χ3v) is 4.05. The maximum Gasteiger partial charge on any atom is 0.00412 e. The number of unbranched alkanes of at least 4 members (excludes halogenated alkanes) is 8. The summed E-state index contributed by atoms with van der Waals surface area (Å²) < 4.78 is 0. The molecule has 0 heterocycles. The van der Waals surface area contributed by atoms with E-state index < -0.39 is 0 Å². The molecule has 0 aliphatic heterocycles. The normalized spacial score (nSPS) is 14.5. The van der Waals surface area contributed by atoms with Gasteiger partial charge in [-0.1, -0.05) is 78.1 Å². The van der Waals surface area contributed by atoms with Crippen molar-refractivity contribution in [2.75, 3.05) is 0 Å². The molecule has 1 heteroatoms. The Morgan fingerprint density at radius 1 is 0.579 bits per heavy atom. The minimum atomic E-state index is 0.701. The number of hydrogen-bond acceptors (Lipinski definition) is 1. The Kier molecular flexibility index (Phi) is 14.3. The van der Waals surface area contributed by atoms with Crippen molar-refractivity contribution in [3.63, 3.8) is 0 Å². The van der Waals surface area contributed by atoms with Crippen LogP contribution >= 0.6 is 0 Å². The molecule has 0 bridgehead atoms. The largest absolute Gasteiger partial charge is 0.312 e. The summed E-state index contributed by atoms with van der Waals surface area (Å²) in [4.78, 5) is 0. The standard InChI is InChI=1S/C18H39N/c1-5-7-9-11-13-15-17(3)19-18(4)16-14-12-10-8-6-2/h17-19H,5-16H2,1-4H3.